The molecule has 0 unspecified atom stereocenters. The maximum atomic E-state index is 14.9. The summed E-state index contributed by atoms with van der Waals surface area (Å²) >= 11 is 7.61. The Bertz CT molecular complexity index is 1640. The van der Waals surface area contributed by atoms with E-state index in [0.717, 1.165) is 11.1 Å². The van der Waals surface area contributed by atoms with Crippen LogP contribution in [0.25, 0.3) is 31.8 Å². The second kappa shape index (κ2) is 10.1. The highest BCUT2D eigenvalue weighted by atomic mass is 35.5. The van der Waals surface area contributed by atoms with E-state index < -0.39 is 11.9 Å². The van der Waals surface area contributed by atoms with Gasteiger partial charge in [0.1, 0.15) is 28.8 Å². The molecule has 0 bridgehead atoms. The molecule has 2 aromatic carbocycles. The molecule has 3 heterocycles. The summed E-state index contributed by atoms with van der Waals surface area (Å²) in [6.07, 6.45) is 0.706. The number of hydrogen-bond acceptors (Lipinski definition) is 11. The van der Waals surface area contributed by atoms with Gasteiger partial charge < -0.3 is 18.6 Å². The van der Waals surface area contributed by atoms with Crippen LogP contribution < -0.4 is 14.8 Å². The van der Waals surface area contributed by atoms with Gasteiger partial charge in [-0.2, -0.15) is 0 Å². The minimum Gasteiger partial charge on any atom is -0.487 e. The number of thiazole rings is 1. The molecule has 0 radical (unpaired) electrons. The molecule has 0 spiro atoms. The molecule has 1 amide bonds. The first-order chi connectivity index (χ1) is 17.8. The Morgan fingerprint density at radius 3 is 2.76 bits per heavy atom. The highest BCUT2D eigenvalue weighted by Crippen LogP contribution is 2.40. The van der Waals surface area contributed by atoms with Crippen molar-refractivity contribution >= 4 is 56.3 Å². The number of carbonyl (C=O) groups is 1. The number of benzene rings is 2. The van der Waals surface area contributed by atoms with Crippen LogP contribution in [0.3, 0.4) is 0 Å². The quantitative estimate of drug-likeness (QED) is 0.268. The summed E-state index contributed by atoms with van der Waals surface area (Å²) in [5, 5.41) is 9.90. The second-order valence-corrected chi connectivity index (χ2v) is 9.11. The Labute approximate surface area is 217 Å². The Kier molecular flexibility index (Phi) is 6.72. The molecule has 0 aliphatic carbocycles. The maximum Gasteiger partial charge on any atom is 0.415 e. The number of nitrogens with zero attached hydrogens (tertiary/aromatic N) is 5. The summed E-state index contributed by atoms with van der Waals surface area (Å²) < 4.78 is 36.2. The molecule has 5 rings (SSSR count). The summed E-state index contributed by atoms with van der Waals surface area (Å²) in [4.78, 5) is 25.3. The Hall–Kier alpha value is -4.10. The number of aryl methyl sites for hydroxylation is 2. The largest absolute Gasteiger partial charge is 0.487 e. The standard InChI is InChI=1S/C23H18ClFN6O5S/c1-10-6-12(19-13(7-10)27-16(33-3)9-26-19)21-28-20-15(37-21)8-14(18(25)17(20)24)34-4-5-35-23(32)29-22-31-30-11(2)36-22/h6-9H,4-5H2,1-3H3,(H,29,31,32). The van der Waals surface area contributed by atoms with E-state index in [0.29, 0.717) is 32.1 Å². The van der Waals surface area contributed by atoms with Crippen molar-refractivity contribution in [3.05, 3.63) is 46.7 Å². The topological polar surface area (TPSA) is 134 Å². The van der Waals surface area contributed by atoms with E-state index >= 15 is 0 Å². The third kappa shape index (κ3) is 5.08. The van der Waals surface area contributed by atoms with Crippen LogP contribution in [-0.4, -0.2) is 51.6 Å². The molecule has 11 nitrogen and oxygen atoms in total. The van der Waals surface area contributed by atoms with Gasteiger partial charge in [-0.15, -0.1) is 16.4 Å². The minimum absolute atomic E-state index is 0.0946. The number of rotatable bonds is 7. The van der Waals surface area contributed by atoms with E-state index in [1.54, 1.807) is 6.92 Å². The predicted octanol–water partition coefficient (Wildman–Crippen LogP) is 5.33. The molecule has 190 valence electrons. The van der Waals surface area contributed by atoms with Gasteiger partial charge in [-0.25, -0.2) is 29.5 Å². The molecule has 5 aromatic rings. The number of hydrogen-bond donors (Lipinski definition) is 1. The summed E-state index contributed by atoms with van der Waals surface area (Å²) in [6, 6.07) is 5.23. The number of carbonyl (C=O) groups excluding carboxylic acids is 1. The predicted molar refractivity (Wildman–Crippen MR) is 134 cm³/mol. The lowest BCUT2D eigenvalue weighted by Crippen LogP contribution is -2.18. The Morgan fingerprint density at radius 2 is 2.00 bits per heavy atom. The van der Waals surface area contributed by atoms with Crippen LogP contribution in [0, 0.1) is 19.7 Å². The first-order valence-electron chi connectivity index (χ1n) is 10.8. The van der Waals surface area contributed by atoms with Gasteiger partial charge in [0.2, 0.25) is 11.8 Å². The number of anilines is 1. The van der Waals surface area contributed by atoms with Crippen LogP contribution in [-0.2, 0) is 4.74 Å². The van der Waals surface area contributed by atoms with Crippen molar-refractivity contribution in [1.82, 2.24) is 25.1 Å². The number of ether oxygens (including phenoxy) is 3. The van der Waals surface area contributed by atoms with Crippen molar-refractivity contribution in [2.24, 2.45) is 0 Å². The van der Waals surface area contributed by atoms with Gasteiger partial charge in [0.25, 0.3) is 0 Å². The van der Waals surface area contributed by atoms with Crippen LogP contribution >= 0.6 is 22.9 Å². The average Bonchev–Trinajstić information content (AvgIpc) is 3.49. The molecule has 0 aliphatic rings. The van der Waals surface area contributed by atoms with Gasteiger partial charge in [-0.1, -0.05) is 16.7 Å². The van der Waals surface area contributed by atoms with Crippen LogP contribution in [0.4, 0.5) is 15.2 Å². The van der Waals surface area contributed by atoms with E-state index in [4.69, 9.17) is 30.2 Å². The third-order valence-corrected chi connectivity index (χ3v) is 6.43. The van der Waals surface area contributed by atoms with E-state index in [1.165, 1.54) is 30.7 Å². The van der Waals surface area contributed by atoms with E-state index in [2.05, 4.69) is 30.5 Å². The van der Waals surface area contributed by atoms with Gasteiger partial charge in [0.05, 0.1) is 29.0 Å². The number of amides is 1. The molecule has 0 fully saturated rings. The normalized spacial score (nSPS) is 11.2. The van der Waals surface area contributed by atoms with Gasteiger partial charge in [-0.3, -0.25) is 0 Å². The summed E-state index contributed by atoms with van der Waals surface area (Å²) in [6.45, 7) is 3.22. The molecule has 0 aliphatic heterocycles. The van der Waals surface area contributed by atoms with Crippen LogP contribution in [0.2, 0.25) is 5.02 Å². The zero-order valence-electron chi connectivity index (χ0n) is 19.7. The summed E-state index contributed by atoms with van der Waals surface area (Å²) in [5.41, 5.74) is 3.26. The van der Waals surface area contributed by atoms with Crippen molar-refractivity contribution in [3.8, 4) is 22.2 Å². The first kappa shape index (κ1) is 24.6. The molecule has 37 heavy (non-hydrogen) atoms. The highest BCUT2D eigenvalue weighted by Gasteiger charge is 2.20. The zero-order chi connectivity index (χ0) is 26.1. The summed E-state index contributed by atoms with van der Waals surface area (Å²) in [5.74, 6) is -0.180. The zero-order valence-corrected chi connectivity index (χ0v) is 21.2. The molecule has 0 saturated carbocycles. The fourth-order valence-electron chi connectivity index (χ4n) is 3.47. The van der Waals surface area contributed by atoms with E-state index in [1.807, 2.05) is 19.1 Å². The maximum absolute atomic E-state index is 14.9. The van der Waals surface area contributed by atoms with Crippen molar-refractivity contribution in [1.29, 1.82) is 0 Å². The van der Waals surface area contributed by atoms with E-state index in [-0.39, 0.29) is 35.9 Å². The van der Waals surface area contributed by atoms with Crippen LogP contribution in [0.1, 0.15) is 11.5 Å². The number of halogens is 2. The molecular weight excluding hydrogens is 527 g/mol. The number of aromatic nitrogens is 5. The smallest absolute Gasteiger partial charge is 0.415 e. The number of methoxy groups -OCH3 is 1. The Morgan fingerprint density at radius 1 is 1.16 bits per heavy atom. The lowest BCUT2D eigenvalue weighted by Gasteiger charge is -2.09. The van der Waals surface area contributed by atoms with Crippen molar-refractivity contribution in [3.63, 3.8) is 0 Å². The summed E-state index contributed by atoms with van der Waals surface area (Å²) in [7, 11) is 1.52. The fraction of sp³-hybridized carbons (Fsp3) is 0.217. The monoisotopic (exact) mass is 544 g/mol. The van der Waals surface area contributed by atoms with Crippen LogP contribution in [0.15, 0.2) is 28.8 Å². The number of nitrogens with one attached hydrogen (secondary N) is 1. The van der Waals surface area contributed by atoms with E-state index in [9.17, 15) is 9.18 Å². The van der Waals surface area contributed by atoms with Crippen molar-refractivity contribution < 1.29 is 27.8 Å². The minimum atomic E-state index is -0.820. The van der Waals surface area contributed by atoms with Crippen LogP contribution in [0.5, 0.6) is 11.6 Å². The third-order valence-electron chi connectivity index (χ3n) is 5.05. The molecule has 1 N–H and O–H groups in total. The van der Waals surface area contributed by atoms with Gasteiger partial charge in [0.15, 0.2) is 11.6 Å². The lowest BCUT2D eigenvalue weighted by molar-refractivity contribution is 0.136. The number of fused-ring (bicyclic) bond motifs is 2. The molecule has 0 atom stereocenters. The highest BCUT2D eigenvalue weighted by molar-refractivity contribution is 7.21. The second-order valence-electron chi connectivity index (χ2n) is 7.70. The fourth-order valence-corrected chi connectivity index (χ4v) is 4.78. The lowest BCUT2D eigenvalue weighted by atomic mass is 10.1. The molecule has 0 saturated heterocycles. The molecular formula is C23H18ClFN6O5S. The molecule has 3 aromatic heterocycles. The SMILES string of the molecule is COc1cnc2c(-c3nc4c(Cl)c(F)c(OCCOC(=O)Nc5nnc(C)o5)cc4s3)cc(C)cc2n1. The first-order valence-corrected chi connectivity index (χ1v) is 12.0. The van der Waals surface area contributed by atoms with Crippen molar-refractivity contribution in [2.75, 3.05) is 25.6 Å². The Balaban J connectivity index is 1.35. The van der Waals surface area contributed by atoms with Gasteiger partial charge in [0, 0.05) is 18.6 Å². The average molecular weight is 545 g/mol. The van der Waals surface area contributed by atoms with Gasteiger partial charge in [-0.05, 0) is 24.6 Å². The van der Waals surface area contributed by atoms with Crippen molar-refractivity contribution in [2.45, 2.75) is 13.8 Å². The van der Waals surface area contributed by atoms with Gasteiger partial charge >= 0.3 is 12.1 Å². The molecule has 14 heteroatoms.